The molecule has 5 rings (SSSR count). The maximum atomic E-state index is 13.6. The number of nitrogens with one attached hydrogen (secondary N) is 2. The van der Waals surface area contributed by atoms with Crippen LogP contribution in [0.4, 0.5) is 23.7 Å². The van der Waals surface area contributed by atoms with Crippen molar-refractivity contribution in [2.75, 3.05) is 18.5 Å². The van der Waals surface area contributed by atoms with Gasteiger partial charge in [0, 0.05) is 48.8 Å². The van der Waals surface area contributed by atoms with Gasteiger partial charge in [0.05, 0.1) is 23.7 Å². The van der Waals surface area contributed by atoms with Gasteiger partial charge < -0.3 is 40.2 Å². The molecule has 1 fully saturated rings. The molecule has 1 aliphatic carbocycles. The molecular formula is C47H54F3N3O9. The minimum atomic E-state index is -4.52. The van der Waals surface area contributed by atoms with Crippen molar-refractivity contribution in [3.8, 4) is 5.75 Å². The van der Waals surface area contributed by atoms with Gasteiger partial charge in [0.2, 0.25) is 5.91 Å². The highest BCUT2D eigenvalue weighted by atomic mass is 19.4. The van der Waals surface area contributed by atoms with Gasteiger partial charge in [-0.15, -0.1) is 0 Å². The van der Waals surface area contributed by atoms with Gasteiger partial charge in [0.15, 0.2) is 0 Å². The van der Waals surface area contributed by atoms with Crippen molar-refractivity contribution >= 4 is 34.4 Å². The van der Waals surface area contributed by atoms with Gasteiger partial charge in [-0.3, -0.25) is 14.6 Å². The molecule has 0 spiro atoms. The molecule has 1 aromatic heterocycles. The smallest absolute Gasteiger partial charge is 0.416 e. The standard InChI is InChI=1S/C47H54F3N3O9/c1-46(2,3)62-45(59)52-27-40(44(58)53-35-18-17-33-26-51-22-21-32(33)23-35)31-15-13-30(14-16-31)28-61-43(57)12-7-5-4-6-11-38-39(42(56)25-41(38)55)20-19-36(54)29-60-37-10-8-9-34(24-37)47(48,49)50/h4,6,8-10,13-24,26,36,38-42,54-56H,5,7,11-12,25,27-29H2,1-3H3,(H,52,59)(H,53,58)/b6-4-,20-19+/t36-,38?,39?,40?,41+,42-/m1/s1. The lowest BCUT2D eigenvalue weighted by Crippen LogP contribution is -2.37. The molecule has 3 aromatic carbocycles. The van der Waals surface area contributed by atoms with Gasteiger partial charge in [0.1, 0.15) is 30.7 Å². The molecule has 0 aliphatic heterocycles. The molecule has 5 N–H and O–H groups in total. The number of ether oxygens (including phenoxy) is 3. The predicted molar refractivity (Wildman–Crippen MR) is 227 cm³/mol. The van der Waals surface area contributed by atoms with E-state index in [0.29, 0.717) is 36.1 Å². The van der Waals surface area contributed by atoms with E-state index in [2.05, 4.69) is 15.6 Å². The number of benzene rings is 3. The van der Waals surface area contributed by atoms with E-state index in [1.807, 2.05) is 30.4 Å². The Labute approximate surface area is 358 Å². The monoisotopic (exact) mass is 861 g/mol. The lowest BCUT2D eigenvalue weighted by Gasteiger charge is -2.22. The van der Waals surface area contributed by atoms with E-state index in [1.165, 1.54) is 18.2 Å². The van der Waals surface area contributed by atoms with Crippen LogP contribution in [0.5, 0.6) is 5.75 Å². The largest absolute Gasteiger partial charge is 0.491 e. The van der Waals surface area contributed by atoms with Crippen LogP contribution in [0, 0.1) is 11.8 Å². The Morgan fingerprint density at radius 1 is 0.952 bits per heavy atom. The second kappa shape index (κ2) is 21.8. The zero-order chi connectivity index (χ0) is 44.9. The summed E-state index contributed by atoms with van der Waals surface area (Å²) in [5.74, 6) is -2.33. The first-order chi connectivity index (χ1) is 29.4. The van der Waals surface area contributed by atoms with Crippen LogP contribution in [-0.4, -0.2) is 75.3 Å². The van der Waals surface area contributed by atoms with Crippen LogP contribution in [0.2, 0.25) is 0 Å². The van der Waals surface area contributed by atoms with Crippen LogP contribution in [0.15, 0.2) is 109 Å². The molecule has 15 heteroatoms. The number of aliphatic hydroxyl groups is 3. The maximum Gasteiger partial charge on any atom is 0.416 e. The quantitative estimate of drug-likeness (QED) is 0.0374. The highest BCUT2D eigenvalue weighted by Crippen LogP contribution is 2.37. The lowest BCUT2D eigenvalue weighted by molar-refractivity contribution is -0.145. The van der Waals surface area contributed by atoms with Crippen molar-refractivity contribution in [3.05, 3.63) is 126 Å². The number of alkyl carbamates (subject to hydrolysis) is 1. The topological polar surface area (TPSA) is 177 Å². The van der Waals surface area contributed by atoms with Crippen LogP contribution in [-0.2, 0) is 31.8 Å². The molecule has 6 atom stereocenters. The zero-order valence-electron chi connectivity index (χ0n) is 34.9. The number of anilines is 1. The summed E-state index contributed by atoms with van der Waals surface area (Å²) in [4.78, 5) is 42.8. The number of pyridine rings is 1. The molecule has 0 bridgehead atoms. The summed E-state index contributed by atoms with van der Waals surface area (Å²) in [6, 6.07) is 18.7. The van der Waals surface area contributed by atoms with Crippen LogP contribution in [0.25, 0.3) is 10.8 Å². The number of rotatable bonds is 18. The van der Waals surface area contributed by atoms with Gasteiger partial charge in [-0.1, -0.05) is 60.7 Å². The summed E-state index contributed by atoms with van der Waals surface area (Å²) < 4.78 is 55.2. The van der Waals surface area contributed by atoms with Crippen molar-refractivity contribution in [2.45, 2.75) is 95.5 Å². The van der Waals surface area contributed by atoms with Crippen molar-refractivity contribution in [1.82, 2.24) is 10.3 Å². The number of fused-ring (bicyclic) bond motifs is 1. The minimum Gasteiger partial charge on any atom is -0.491 e. The Morgan fingerprint density at radius 3 is 2.47 bits per heavy atom. The van der Waals surface area contributed by atoms with Gasteiger partial charge in [0.25, 0.3) is 0 Å². The number of esters is 1. The summed E-state index contributed by atoms with van der Waals surface area (Å²) in [6.07, 6.45) is 4.08. The molecule has 2 amide bonds. The van der Waals surface area contributed by atoms with Gasteiger partial charge in [-0.2, -0.15) is 13.2 Å². The number of aliphatic hydroxyl groups excluding tert-OH is 3. The highest BCUT2D eigenvalue weighted by molar-refractivity contribution is 5.98. The molecule has 3 unspecified atom stereocenters. The fourth-order valence-corrected chi connectivity index (χ4v) is 7.03. The Morgan fingerprint density at radius 2 is 1.73 bits per heavy atom. The van der Waals surface area contributed by atoms with Crippen molar-refractivity contribution in [2.24, 2.45) is 11.8 Å². The van der Waals surface area contributed by atoms with Crippen molar-refractivity contribution < 1.29 is 57.1 Å². The van der Waals surface area contributed by atoms with Gasteiger partial charge in [-0.25, -0.2) is 4.79 Å². The zero-order valence-corrected chi connectivity index (χ0v) is 34.9. The molecule has 0 radical (unpaired) electrons. The number of unbranched alkanes of at least 4 members (excludes halogenated alkanes) is 1. The van der Waals surface area contributed by atoms with Gasteiger partial charge in [-0.05, 0) is 98.9 Å². The SMILES string of the molecule is CC(C)(C)OC(=O)NCC(C(=O)Nc1ccc2cnccc2c1)c1ccc(COC(=O)CCC/C=C\CC2C(/C=C/[C@@H](O)COc3cccc(C(F)(F)F)c3)[C@H](O)C[C@@H]2O)cc1. The van der Waals surface area contributed by atoms with E-state index in [4.69, 9.17) is 14.2 Å². The van der Waals surface area contributed by atoms with E-state index in [-0.39, 0.29) is 56.1 Å². The van der Waals surface area contributed by atoms with E-state index in [0.717, 1.165) is 22.9 Å². The first kappa shape index (κ1) is 47.3. The third-order valence-corrected chi connectivity index (χ3v) is 10.2. The molecule has 1 heterocycles. The van der Waals surface area contributed by atoms with E-state index >= 15 is 0 Å². The summed E-state index contributed by atoms with van der Waals surface area (Å²) in [6.45, 7) is 4.94. The Kier molecular flexibility index (Phi) is 16.7. The number of allylic oxidation sites excluding steroid dienone is 2. The van der Waals surface area contributed by atoms with Crippen molar-refractivity contribution in [3.63, 3.8) is 0 Å². The van der Waals surface area contributed by atoms with Crippen LogP contribution in [0.1, 0.15) is 75.5 Å². The summed E-state index contributed by atoms with van der Waals surface area (Å²) in [5, 5.41) is 39.0. The number of hydrogen-bond acceptors (Lipinski definition) is 10. The Balaban J connectivity index is 1.06. The number of alkyl halides is 3. The summed E-state index contributed by atoms with van der Waals surface area (Å²) in [5.41, 5.74) is 0.347. The lowest BCUT2D eigenvalue weighted by atomic mass is 9.89. The van der Waals surface area contributed by atoms with E-state index in [9.17, 15) is 42.9 Å². The molecular weight excluding hydrogens is 808 g/mol. The molecule has 62 heavy (non-hydrogen) atoms. The second-order valence-corrected chi connectivity index (χ2v) is 16.3. The molecule has 332 valence electrons. The van der Waals surface area contributed by atoms with E-state index < -0.39 is 53.6 Å². The van der Waals surface area contributed by atoms with Crippen LogP contribution in [0.3, 0.4) is 0 Å². The number of hydrogen-bond donors (Lipinski definition) is 5. The summed E-state index contributed by atoms with van der Waals surface area (Å²) >= 11 is 0. The normalized spacial score (nSPS) is 19.0. The van der Waals surface area contributed by atoms with Crippen molar-refractivity contribution in [1.29, 1.82) is 0 Å². The van der Waals surface area contributed by atoms with E-state index in [1.54, 1.807) is 69.6 Å². The number of carbonyl (C=O) groups is 3. The fraction of sp³-hybridized carbons (Fsp3) is 0.404. The molecule has 0 saturated heterocycles. The average molecular weight is 862 g/mol. The molecule has 1 aliphatic rings. The first-order valence-electron chi connectivity index (χ1n) is 20.5. The Hall–Kier alpha value is -5.77. The number of carbonyl (C=O) groups excluding carboxylic acids is 3. The van der Waals surface area contributed by atoms with Crippen LogP contribution >= 0.6 is 0 Å². The number of nitrogens with zero attached hydrogens (tertiary/aromatic N) is 1. The second-order valence-electron chi connectivity index (χ2n) is 16.3. The van der Waals surface area contributed by atoms with Gasteiger partial charge >= 0.3 is 18.2 Å². The third kappa shape index (κ3) is 14.7. The molecule has 1 saturated carbocycles. The Bertz CT molecular complexity index is 2170. The number of amides is 2. The molecule has 4 aromatic rings. The highest BCUT2D eigenvalue weighted by Gasteiger charge is 2.39. The van der Waals surface area contributed by atoms with Crippen LogP contribution < -0.4 is 15.4 Å². The third-order valence-electron chi connectivity index (χ3n) is 10.2. The first-order valence-corrected chi connectivity index (χ1v) is 20.5. The fourth-order valence-electron chi connectivity index (χ4n) is 7.03. The predicted octanol–water partition coefficient (Wildman–Crippen LogP) is 8.01. The minimum absolute atomic E-state index is 0.0246. The molecule has 12 nitrogen and oxygen atoms in total. The number of halogens is 3. The average Bonchev–Trinajstić information content (AvgIpc) is 3.49. The maximum absolute atomic E-state index is 13.6. The summed E-state index contributed by atoms with van der Waals surface area (Å²) in [7, 11) is 0. The number of aromatic nitrogens is 1.